The number of ether oxygens (including phenoxy) is 3. The number of methoxy groups -OCH3 is 1. The van der Waals surface area contributed by atoms with Crippen LogP contribution in [0, 0.1) is 27.3 Å². The summed E-state index contributed by atoms with van der Waals surface area (Å²) < 4.78 is 29.4. The second kappa shape index (κ2) is 7.74. The van der Waals surface area contributed by atoms with Crippen LogP contribution in [0.4, 0.5) is 10.1 Å². The van der Waals surface area contributed by atoms with E-state index in [0.29, 0.717) is 0 Å². The van der Waals surface area contributed by atoms with Crippen molar-refractivity contribution in [2.24, 2.45) is 5.73 Å². The van der Waals surface area contributed by atoms with Gasteiger partial charge in [-0.15, -0.1) is 0 Å². The first kappa shape index (κ1) is 19.7. The molecule has 0 aliphatic carbocycles. The van der Waals surface area contributed by atoms with Gasteiger partial charge in [-0.1, -0.05) is 0 Å². The predicted octanol–water partition coefficient (Wildman–Crippen LogP) is 2.39. The van der Waals surface area contributed by atoms with Crippen LogP contribution in [-0.4, -0.2) is 24.6 Å². The molecule has 0 amide bonds. The lowest BCUT2D eigenvalue weighted by Gasteiger charge is -2.26. The minimum Gasteiger partial charge on any atom is -0.488 e. The molecule has 2 N–H and O–H groups in total. The first-order valence-corrected chi connectivity index (χ1v) is 7.74. The molecule has 1 aliphatic heterocycles. The second-order valence-corrected chi connectivity index (χ2v) is 5.43. The molecule has 0 radical (unpaired) electrons. The van der Waals surface area contributed by atoms with E-state index in [1.807, 2.05) is 6.07 Å². The number of halogens is 1. The molecule has 1 aromatic rings. The fourth-order valence-electron chi connectivity index (χ4n) is 2.79. The molecular formula is C17H16FN3O6. The molecule has 0 spiro atoms. The summed E-state index contributed by atoms with van der Waals surface area (Å²) in [5, 5.41) is 20.8. The fourth-order valence-corrected chi connectivity index (χ4v) is 2.79. The molecule has 0 saturated carbocycles. The SMILES string of the molecule is CCOC(=O)C1=C(C)OC(N)=C(C#N)C1c1cc(F)c(OC)c([N+](=O)[O-])c1. The predicted molar refractivity (Wildman–Crippen MR) is 89.6 cm³/mol. The van der Waals surface area contributed by atoms with Crippen LogP contribution >= 0.6 is 0 Å². The summed E-state index contributed by atoms with van der Waals surface area (Å²) in [6, 6.07) is 3.78. The van der Waals surface area contributed by atoms with Crippen molar-refractivity contribution in [2.45, 2.75) is 19.8 Å². The summed E-state index contributed by atoms with van der Waals surface area (Å²) in [6.45, 7) is 3.05. The largest absolute Gasteiger partial charge is 0.488 e. The van der Waals surface area contributed by atoms with Crippen molar-refractivity contribution in [1.82, 2.24) is 0 Å². The van der Waals surface area contributed by atoms with Crippen molar-refractivity contribution >= 4 is 11.7 Å². The Morgan fingerprint density at radius 3 is 2.70 bits per heavy atom. The number of allylic oxidation sites excluding steroid dienone is 2. The number of nitriles is 1. The highest BCUT2D eigenvalue weighted by Crippen LogP contribution is 2.42. The quantitative estimate of drug-likeness (QED) is 0.469. The van der Waals surface area contributed by atoms with Crippen molar-refractivity contribution in [3.05, 3.63) is 56.4 Å². The maximum absolute atomic E-state index is 14.4. The smallest absolute Gasteiger partial charge is 0.338 e. The Hall–Kier alpha value is -3.61. The van der Waals surface area contributed by atoms with E-state index >= 15 is 0 Å². The number of nitro benzene ring substituents is 1. The highest BCUT2D eigenvalue weighted by Gasteiger charge is 2.38. The van der Waals surface area contributed by atoms with Gasteiger partial charge in [0.2, 0.25) is 11.6 Å². The van der Waals surface area contributed by atoms with Crippen LogP contribution in [0.5, 0.6) is 5.75 Å². The summed E-state index contributed by atoms with van der Waals surface area (Å²) in [7, 11) is 1.09. The molecule has 0 bridgehead atoms. The molecule has 2 rings (SSSR count). The van der Waals surface area contributed by atoms with Gasteiger partial charge in [-0.3, -0.25) is 10.1 Å². The van der Waals surface area contributed by atoms with Crippen LogP contribution in [0.3, 0.4) is 0 Å². The van der Waals surface area contributed by atoms with Crippen molar-refractivity contribution in [1.29, 1.82) is 5.26 Å². The van der Waals surface area contributed by atoms with Gasteiger partial charge in [0.05, 0.1) is 30.1 Å². The maximum Gasteiger partial charge on any atom is 0.338 e. The minimum atomic E-state index is -1.19. The van der Waals surface area contributed by atoms with Crippen molar-refractivity contribution in [3.8, 4) is 11.8 Å². The number of carbonyl (C=O) groups is 1. The van der Waals surface area contributed by atoms with E-state index in [9.17, 15) is 24.6 Å². The second-order valence-electron chi connectivity index (χ2n) is 5.43. The summed E-state index contributed by atoms with van der Waals surface area (Å²) >= 11 is 0. The highest BCUT2D eigenvalue weighted by atomic mass is 19.1. The lowest BCUT2D eigenvalue weighted by atomic mass is 9.82. The molecule has 10 heteroatoms. The number of hydrogen-bond donors (Lipinski definition) is 1. The van der Waals surface area contributed by atoms with E-state index in [1.54, 1.807) is 6.92 Å². The van der Waals surface area contributed by atoms with Crippen molar-refractivity contribution in [2.75, 3.05) is 13.7 Å². The molecule has 1 heterocycles. The zero-order valence-electron chi connectivity index (χ0n) is 14.7. The third-order valence-electron chi connectivity index (χ3n) is 3.88. The normalized spacial score (nSPS) is 16.5. The summed E-state index contributed by atoms with van der Waals surface area (Å²) in [6.07, 6.45) is 0. The maximum atomic E-state index is 14.4. The Morgan fingerprint density at radius 1 is 1.52 bits per heavy atom. The average molecular weight is 377 g/mol. The Bertz CT molecular complexity index is 916. The highest BCUT2D eigenvalue weighted by molar-refractivity contribution is 5.92. The van der Waals surface area contributed by atoms with E-state index in [2.05, 4.69) is 0 Å². The number of esters is 1. The van der Waals surface area contributed by atoms with Crippen LogP contribution in [0.2, 0.25) is 0 Å². The molecule has 0 aromatic heterocycles. The number of hydrogen-bond acceptors (Lipinski definition) is 8. The molecule has 0 fully saturated rings. The van der Waals surface area contributed by atoms with Gasteiger partial charge in [-0.05, 0) is 25.5 Å². The average Bonchev–Trinajstić information content (AvgIpc) is 2.60. The minimum absolute atomic E-state index is 0.0368. The molecule has 27 heavy (non-hydrogen) atoms. The van der Waals surface area contributed by atoms with Crippen LogP contribution in [0.25, 0.3) is 0 Å². The van der Waals surface area contributed by atoms with Crippen LogP contribution < -0.4 is 10.5 Å². The monoisotopic (exact) mass is 377 g/mol. The standard InChI is InChI=1S/C17H16FN3O6/c1-4-26-17(22)13-8(2)27-16(20)10(7-19)14(13)9-5-11(18)15(25-3)12(6-9)21(23)24/h5-6,14H,4,20H2,1-3H3. The molecule has 1 unspecified atom stereocenters. The van der Waals surface area contributed by atoms with Gasteiger partial charge in [0.1, 0.15) is 17.4 Å². The molecular weight excluding hydrogens is 361 g/mol. The fraction of sp³-hybridized carbons (Fsp3) is 0.294. The molecule has 9 nitrogen and oxygen atoms in total. The van der Waals surface area contributed by atoms with Gasteiger partial charge < -0.3 is 19.9 Å². The zero-order chi connectivity index (χ0) is 20.3. The first-order valence-electron chi connectivity index (χ1n) is 7.74. The van der Waals surface area contributed by atoms with Gasteiger partial charge in [0.25, 0.3) is 0 Å². The van der Waals surface area contributed by atoms with E-state index in [-0.39, 0.29) is 35.0 Å². The lowest BCUT2D eigenvalue weighted by molar-refractivity contribution is -0.386. The molecule has 1 aliphatic rings. The summed E-state index contributed by atoms with van der Waals surface area (Å²) in [5.41, 5.74) is 4.75. The third kappa shape index (κ3) is 3.52. The Kier molecular flexibility index (Phi) is 5.65. The Balaban J connectivity index is 2.77. The lowest BCUT2D eigenvalue weighted by Crippen LogP contribution is -2.25. The number of rotatable bonds is 5. The van der Waals surface area contributed by atoms with Crippen LogP contribution in [-0.2, 0) is 14.3 Å². The molecule has 1 aromatic carbocycles. The van der Waals surface area contributed by atoms with Crippen molar-refractivity contribution in [3.63, 3.8) is 0 Å². The first-order chi connectivity index (χ1) is 12.8. The van der Waals surface area contributed by atoms with Gasteiger partial charge in [0.15, 0.2) is 5.82 Å². The number of benzene rings is 1. The van der Waals surface area contributed by atoms with E-state index in [0.717, 1.165) is 19.2 Å². The molecule has 1 atom stereocenters. The third-order valence-corrected chi connectivity index (χ3v) is 3.88. The van der Waals surface area contributed by atoms with Gasteiger partial charge in [-0.2, -0.15) is 5.26 Å². The van der Waals surface area contributed by atoms with Crippen LogP contribution in [0.1, 0.15) is 25.3 Å². The molecule has 0 saturated heterocycles. The van der Waals surface area contributed by atoms with Crippen LogP contribution in [0.15, 0.2) is 34.9 Å². The molecule has 142 valence electrons. The summed E-state index contributed by atoms with van der Waals surface area (Å²) in [5.74, 6) is -3.82. The van der Waals surface area contributed by atoms with E-state index in [4.69, 9.17) is 19.9 Å². The van der Waals surface area contributed by atoms with Gasteiger partial charge in [-0.25, -0.2) is 9.18 Å². The number of nitrogens with two attached hydrogens (primary N) is 1. The van der Waals surface area contributed by atoms with Gasteiger partial charge in [0, 0.05) is 6.07 Å². The number of carbonyl (C=O) groups excluding carboxylic acids is 1. The van der Waals surface area contributed by atoms with E-state index in [1.165, 1.54) is 6.92 Å². The Labute approximate surface area is 153 Å². The summed E-state index contributed by atoms with van der Waals surface area (Å²) in [4.78, 5) is 22.9. The topological polar surface area (TPSA) is 138 Å². The number of nitrogens with zero attached hydrogens (tertiary/aromatic N) is 2. The van der Waals surface area contributed by atoms with Crippen molar-refractivity contribution < 1.29 is 28.3 Å². The van der Waals surface area contributed by atoms with Gasteiger partial charge >= 0.3 is 11.7 Å². The number of nitro groups is 1. The Morgan fingerprint density at radius 2 is 2.19 bits per heavy atom. The van der Waals surface area contributed by atoms with E-state index < -0.39 is 34.1 Å². The zero-order valence-corrected chi connectivity index (χ0v) is 14.7.